The van der Waals surface area contributed by atoms with Crippen molar-refractivity contribution in [2.45, 2.75) is 0 Å². The van der Waals surface area contributed by atoms with Gasteiger partial charge in [-0.15, -0.1) is 0 Å². The van der Waals surface area contributed by atoms with Crippen molar-refractivity contribution in [3.8, 4) is 0 Å². The molecule has 0 radical (unpaired) electrons. The van der Waals surface area contributed by atoms with E-state index < -0.39 is 0 Å². The highest BCUT2D eigenvalue weighted by Crippen LogP contribution is 2.24. The molecule has 0 unspecified atom stereocenters. The number of para-hydroxylation sites is 1. The third-order valence-corrected chi connectivity index (χ3v) is 1.89. The van der Waals surface area contributed by atoms with Crippen molar-refractivity contribution in [2.75, 3.05) is 19.2 Å². The number of hydrogen-bond donors (Lipinski definition) is 1. The van der Waals surface area contributed by atoms with E-state index in [4.69, 9.17) is 9.15 Å². The van der Waals surface area contributed by atoms with Crippen molar-refractivity contribution in [1.29, 1.82) is 0 Å². The fraction of sp³-hybridized carbons (Fsp3) is 0.200. The van der Waals surface area contributed by atoms with Gasteiger partial charge >= 0.3 is 0 Å². The fourth-order valence-electron chi connectivity index (χ4n) is 1.26. The van der Waals surface area contributed by atoms with E-state index in [2.05, 4.69) is 5.32 Å². The Kier molecular flexibility index (Phi) is 2.19. The summed E-state index contributed by atoms with van der Waals surface area (Å²) in [6.07, 6.45) is 1.70. The summed E-state index contributed by atoms with van der Waals surface area (Å²) in [5.74, 6) is 0. The number of ether oxygens (including phenoxy) is 1. The van der Waals surface area contributed by atoms with Crippen LogP contribution in [0, 0.1) is 0 Å². The van der Waals surface area contributed by atoms with Crippen LogP contribution in [-0.2, 0) is 4.74 Å². The lowest BCUT2D eigenvalue weighted by atomic mass is 10.2. The lowest BCUT2D eigenvalue weighted by Crippen LogP contribution is -2.01. The van der Waals surface area contributed by atoms with Crippen LogP contribution in [0.1, 0.15) is 0 Å². The average molecular weight is 177 g/mol. The maximum Gasteiger partial charge on any atom is 0.136 e. The van der Waals surface area contributed by atoms with Crippen molar-refractivity contribution < 1.29 is 9.15 Å². The van der Waals surface area contributed by atoms with Crippen LogP contribution < -0.4 is 5.32 Å². The second kappa shape index (κ2) is 3.49. The van der Waals surface area contributed by atoms with Crippen LogP contribution in [-0.4, -0.2) is 13.8 Å². The van der Waals surface area contributed by atoms with Crippen LogP contribution in [0.25, 0.3) is 11.0 Å². The molecule has 1 aromatic carbocycles. The van der Waals surface area contributed by atoms with Crippen LogP contribution in [0.15, 0.2) is 34.9 Å². The van der Waals surface area contributed by atoms with Crippen molar-refractivity contribution in [3.05, 3.63) is 30.5 Å². The molecule has 1 heterocycles. The summed E-state index contributed by atoms with van der Waals surface area (Å²) >= 11 is 0. The van der Waals surface area contributed by atoms with Gasteiger partial charge in [-0.2, -0.15) is 0 Å². The molecular weight excluding hydrogens is 166 g/mol. The number of nitrogens with one attached hydrogen (secondary N) is 1. The number of hydrogen-bond acceptors (Lipinski definition) is 3. The van der Waals surface area contributed by atoms with Gasteiger partial charge in [0.2, 0.25) is 0 Å². The molecule has 0 spiro atoms. The van der Waals surface area contributed by atoms with Crippen LogP contribution in [0.5, 0.6) is 0 Å². The van der Waals surface area contributed by atoms with Gasteiger partial charge in [-0.3, -0.25) is 0 Å². The van der Waals surface area contributed by atoms with Gasteiger partial charge in [0.1, 0.15) is 18.6 Å². The maximum atomic E-state index is 5.33. The zero-order chi connectivity index (χ0) is 9.10. The molecule has 1 aromatic heterocycles. The van der Waals surface area contributed by atoms with Crippen LogP contribution in [0.3, 0.4) is 0 Å². The lowest BCUT2D eigenvalue weighted by molar-refractivity contribution is 0.221. The van der Waals surface area contributed by atoms with E-state index in [1.54, 1.807) is 13.4 Å². The molecule has 0 aliphatic rings. The highest BCUT2D eigenvalue weighted by atomic mass is 16.5. The standard InChI is InChI=1S/C10H11NO2/c1-12-7-11-9-6-13-10-5-3-2-4-8(9)10/h2-6,11H,7H2,1H3. The summed E-state index contributed by atoms with van der Waals surface area (Å²) < 4.78 is 10.2. The van der Waals surface area contributed by atoms with E-state index >= 15 is 0 Å². The van der Waals surface area contributed by atoms with Gasteiger partial charge in [-0.05, 0) is 12.1 Å². The van der Waals surface area contributed by atoms with Gasteiger partial charge in [-0.1, -0.05) is 12.1 Å². The number of anilines is 1. The first-order chi connectivity index (χ1) is 6.42. The van der Waals surface area contributed by atoms with E-state index in [-0.39, 0.29) is 0 Å². The molecular formula is C10H11NO2. The average Bonchev–Trinajstić information content (AvgIpc) is 2.58. The first-order valence-electron chi connectivity index (χ1n) is 4.11. The molecule has 0 fully saturated rings. The molecule has 0 saturated carbocycles. The van der Waals surface area contributed by atoms with E-state index in [0.717, 1.165) is 16.7 Å². The monoisotopic (exact) mass is 177 g/mol. The summed E-state index contributed by atoms with van der Waals surface area (Å²) in [5, 5.41) is 4.18. The quantitative estimate of drug-likeness (QED) is 0.731. The number of benzene rings is 1. The van der Waals surface area contributed by atoms with Gasteiger partial charge in [0.25, 0.3) is 0 Å². The molecule has 2 rings (SSSR count). The predicted molar refractivity (Wildman–Crippen MR) is 51.7 cm³/mol. The van der Waals surface area contributed by atoms with Crippen molar-refractivity contribution >= 4 is 16.7 Å². The Balaban J connectivity index is 2.35. The zero-order valence-electron chi connectivity index (χ0n) is 7.41. The molecule has 0 saturated heterocycles. The molecule has 13 heavy (non-hydrogen) atoms. The Hall–Kier alpha value is -1.48. The van der Waals surface area contributed by atoms with Crippen molar-refractivity contribution in [1.82, 2.24) is 0 Å². The van der Waals surface area contributed by atoms with Gasteiger partial charge in [0.15, 0.2) is 0 Å². The summed E-state index contributed by atoms with van der Waals surface area (Å²) in [6.45, 7) is 0.490. The van der Waals surface area contributed by atoms with Crippen LogP contribution in [0.2, 0.25) is 0 Å². The molecule has 0 aliphatic carbocycles. The number of methoxy groups -OCH3 is 1. The molecule has 0 bridgehead atoms. The molecule has 0 amide bonds. The Bertz CT molecular complexity index is 394. The lowest BCUT2D eigenvalue weighted by Gasteiger charge is -2.00. The van der Waals surface area contributed by atoms with E-state index in [9.17, 15) is 0 Å². The van der Waals surface area contributed by atoms with Gasteiger partial charge < -0.3 is 14.5 Å². The molecule has 3 heteroatoms. The van der Waals surface area contributed by atoms with E-state index in [1.165, 1.54) is 0 Å². The molecule has 3 nitrogen and oxygen atoms in total. The van der Waals surface area contributed by atoms with Gasteiger partial charge in [0, 0.05) is 12.5 Å². The molecule has 1 N–H and O–H groups in total. The maximum absolute atomic E-state index is 5.33. The fourth-order valence-corrected chi connectivity index (χ4v) is 1.26. The highest BCUT2D eigenvalue weighted by molar-refractivity contribution is 5.90. The first-order valence-corrected chi connectivity index (χ1v) is 4.11. The minimum atomic E-state index is 0.490. The van der Waals surface area contributed by atoms with E-state index in [0.29, 0.717) is 6.73 Å². The number of furan rings is 1. The Morgan fingerprint density at radius 3 is 3.08 bits per heavy atom. The zero-order valence-corrected chi connectivity index (χ0v) is 7.41. The summed E-state index contributed by atoms with van der Waals surface area (Å²) in [4.78, 5) is 0. The highest BCUT2D eigenvalue weighted by Gasteiger charge is 2.02. The largest absolute Gasteiger partial charge is 0.462 e. The SMILES string of the molecule is COCNc1coc2ccccc12. The normalized spacial score (nSPS) is 10.5. The molecule has 0 atom stereocenters. The van der Waals surface area contributed by atoms with E-state index in [1.807, 2.05) is 24.3 Å². The number of rotatable bonds is 3. The second-order valence-corrected chi connectivity index (χ2v) is 2.76. The Morgan fingerprint density at radius 1 is 1.38 bits per heavy atom. The molecule has 68 valence electrons. The molecule has 2 aromatic rings. The topological polar surface area (TPSA) is 34.4 Å². The minimum absolute atomic E-state index is 0.490. The van der Waals surface area contributed by atoms with Gasteiger partial charge in [-0.25, -0.2) is 0 Å². The third kappa shape index (κ3) is 1.51. The predicted octanol–water partition coefficient (Wildman–Crippen LogP) is 2.45. The van der Waals surface area contributed by atoms with Crippen LogP contribution >= 0.6 is 0 Å². The minimum Gasteiger partial charge on any atom is -0.462 e. The Labute approximate surface area is 76.3 Å². The van der Waals surface area contributed by atoms with Crippen molar-refractivity contribution in [2.24, 2.45) is 0 Å². The van der Waals surface area contributed by atoms with Gasteiger partial charge in [0.05, 0.1) is 5.69 Å². The smallest absolute Gasteiger partial charge is 0.136 e. The summed E-state index contributed by atoms with van der Waals surface area (Å²) in [5.41, 5.74) is 1.86. The summed E-state index contributed by atoms with van der Waals surface area (Å²) in [6, 6.07) is 7.88. The molecule has 0 aliphatic heterocycles. The van der Waals surface area contributed by atoms with Crippen molar-refractivity contribution in [3.63, 3.8) is 0 Å². The van der Waals surface area contributed by atoms with Crippen LogP contribution in [0.4, 0.5) is 5.69 Å². The first kappa shape index (κ1) is 8.13. The second-order valence-electron chi connectivity index (χ2n) is 2.76. The Morgan fingerprint density at radius 2 is 2.23 bits per heavy atom. The third-order valence-electron chi connectivity index (χ3n) is 1.89. The number of fused-ring (bicyclic) bond motifs is 1. The summed E-state index contributed by atoms with van der Waals surface area (Å²) in [7, 11) is 1.65.